The fraction of sp³-hybridized carbons (Fsp3) is 0.133. The van der Waals surface area contributed by atoms with Crippen LogP contribution in [-0.4, -0.2) is 34.6 Å². The van der Waals surface area contributed by atoms with Crippen molar-refractivity contribution in [3.63, 3.8) is 0 Å². The van der Waals surface area contributed by atoms with Crippen molar-refractivity contribution < 1.29 is 14.3 Å². The zero-order chi connectivity index (χ0) is 26.6. The Kier molecular flexibility index (Phi) is 6.61. The summed E-state index contributed by atoms with van der Waals surface area (Å²) in [5.41, 5.74) is 3.04. The zero-order valence-electron chi connectivity index (χ0n) is 21.3. The van der Waals surface area contributed by atoms with Crippen LogP contribution in [0.5, 0.6) is 17.5 Å². The third kappa shape index (κ3) is 5.42. The topological polar surface area (TPSA) is 102 Å². The number of amides is 2. The highest BCUT2D eigenvalue weighted by molar-refractivity contribution is 5.99. The van der Waals surface area contributed by atoms with Crippen LogP contribution in [0.2, 0.25) is 0 Å². The molecule has 1 aromatic heterocycles. The van der Waals surface area contributed by atoms with E-state index in [4.69, 9.17) is 9.47 Å². The SMILES string of the molecule is COc1ccccc1NC(=O)Nc1nc(Oc2ccc3ccccc3c2)nc(N2CCc3ccccc3C2)n1. The summed E-state index contributed by atoms with van der Waals surface area (Å²) >= 11 is 0. The van der Waals surface area contributed by atoms with Gasteiger partial charge in [0, 0.05) is 13.1 Å². The fourth-order valence-electron chi connectivity index (χ4n) is 4.59. The Labute approximate surface area is 225 Å². The second-order valence-corrected chi connectivity index (χ2v) is 9.07. The molecule has 0 aliphatic carbocycles. The summed E-state index contributed by atoms with van der Waals surface area (Å²) in [6.07, 6.45) is 0.861. The lowest BCUT2D eigenvalue weighted by Crippen LogP contribution is -2.32. The number of hydrogen-bond donors (Lipinski definition) is 2. The van der Waals surface area contributed by atoms with Crippen molar-refractivity contribution in [2.45, 2.75) is 13.0 Å². The van der Waals surface area contributed by atoms with Gasteiger partial charge < -0.3 is 19.7 Å². The molecule has 0 atom stereocenters. The van der Waals surface area contributed by atoms with Crippen molar-refractivity contribution in [1.82, 2.24) is 15.0 Å². The number of carbonyl (C=O) groups is 1. The molecule has 2 N–H and O–H groups in total. The van der Waals surface area contributed by atoms with E-state index in [-0.39, 0.29) is 12.0 Å². The maximum atomic E-state index is 12.9. The first-order valence-corrected chi connectivity index (χ1v) is 12.6. The van der Waals surface area contributed by atoms with Crippen molar-refractivity contribution >= 4 is 34.4 Å². The number of benzene rings is 4. The van der Waals surface area contributed by atoms with Gasteiger partial charge in [-0.3, -0.25) is 5.32 Å². The molecule has 194 valence electrons. The minimum atomic E-state index is -0.516. The highest BCUT2D eigenvalue weighted by Crippen LogP contribution is 2.28. The van der Waals surface area contributed by atoms with Crippen molar-refractivity contribution in [1.29, 1.82) is 0 Å². The first kappa shape index (κ1) is 24.2. The van der Waals surface area contributed by atoms with Crippen LogP contribution in [0.3, 0.4) is 0 Å². The Balaban J connectivity index is 1.30. The van der Waals surface area contributed by atoms with Gasteiger partial charge in [0.15, 0.2) is 0 Å². The number of urea groups is 1. The van der Waals surface area contributed by atoms with E-state index in [1.54, 1.807) is 19.2 Å². The molecule has 4 aromatic carbocycles. The molecule has 6 rings (SSSR count). The Hall–Kier alpha value is -5.18. The monoisotopic (exact) mass is 518 g/mol. The summed E-state index contributed by atoms with van der Waals surface area (Å²) in [7, 11) is 1.55. The van der Waals surface area contributed by atoms with Crippen LogP contribution in [0.15, 0.2) is 91.0 Å². The second-order valence-electron chi connectivity index (χ2n) is 9.07. The van der Waals surface area contributed by atoms with Gasteiger partial charge in [-0.2, -0.15) is 15.0 Å². The van der Waals surface area contributed by atoms with Crippen LogP contribution in [0.4, 0.5) is 22.4 Å². The molecule has 0 spiro atoms. The average Bonchev–Trinajstić information content (AvgIpc) is 2.97. The molecule has 1 aliphatic heterocycles. The van der Waals surface area contributed by atoms with E-state index in [0.29, 0.717) is 29.7 Å². The standard InChI is InChI=1S/C30H26N6O3/c1-38-26-13-7-6-12-25(26)31-29(37)33-27-32-28(36-17-16-21-9-3-5-11-23(21)19-36)35-30(34-27)39-24-15-14-20-8-2-4-10-22(20)18-24/h2-15,18H,16-17,19H2,1H3,(H2,31,32,33,34,35,37). The molecular formula is C30H26N6O3. The van der Waals surface area contributed by atoms with Gasteiger partial charge in [0.1, 0.15) is 11.5 Å². The quantitative estimate of drug-likeness (QED) is 0.283. The number of aromatic nitrogens is 3. The fourth-order valence-corrected chi connectivity index (χ4v) is 4.59. The van der Waals surface area contributed by atoms with Crippen molar-refractivity contribution in [2.24, 2.45) is 0 Å². The summed E-state index contributed by atoms with van der Waals surface area (Å²) in [6, 6.07) is 28.8. The van der Waals surface area contributed by atoms with Gasteiger partial charge >= 0.3 is 12.0 Å². The van der Waals surface area contributed by atoms with Crippen LogP contribution < -0.4 is 25.0 Å². The number of fused-ring (bicyclic) bond motifs is 2. The van der Waals surface area contributed by atoms with Crippen molar-refractivity contribution in [3.8, 4) is 17.5 Å². The van der Waals surface area contributed by atoms with E-state index in [0.717, 1.165) is 23.7 Å². The molecule has 0 fully saturated rings. The Morgan fingerprint density at radius 1 is 0.821 bits per heavy atom. The third-order valence-electron chi connectivity index (χ3n) is 6.53. The molecule has 2 heterocycles. The third-order valence-corrected chi connectivity index (χ3v) is 6.53. The van der Waals surface area contributed by atoms with Gasteiger partial charge in [0.2, 0.25) is 11.9 Å². The van der Waals surface area contributed by atoms with Crippen LogP contribution in [0.25, 0.3) is 10.8 Å². The smallest absolute Gasteiger partial charge is 0.328 e. The van der Waals surface area contributed by atoms with Gasteiger partial charge in [-0.25, -0.2) is 4.79 Å². The molecule has 0 saturated heterocycles. The van der Waals surface area contributed by atoms with Gasteiger partial charge in [-0.15, -0.1) is 0 Å². The molecule has 1 aliphatic rings. The summed E-state index contributed by atoms with van der Waals surface area (Å²) in [4.78, 5) is 28.5. The molecule has 0 unspecified atom stereocenters. The largest absolute Gasteiger partial charge is 0.495 e. The van der Waals surface area contributed by atoms with Gasteiger partial charge in [0.05, 0.1) is 12.8 Å². The van der Waals surface area contributed by atoms with Gasteiger partial charge in [-0.05, 0) is 52.6 Å². The summed E-state index contributed by atoms with van der Waals surface area (Å²) in [6.45, 7) is 1.37. The van der Waals surface area contributed by atoms with Crippen LogP contribution >= 0.6 is 0 Å². The highest BCUT2D eigenvalue weighted by atomic mass is 16.5. The number of hydrogen-bond acceptors (Lipinski definition) is 7. The van der Waals surface area contributed by atoms with Crippen LogP contribution in [-0.2, 0) is 13.0 Å². The summed E-state index contributed by atoms with van der Waals surface area (Å²) < 4.78 is 11.4. The predicted molar refractivity (Wildman–Crippen MR) is 151 cm³/mol. The van der Waals surface area contributed by atoms with Gasteiger partial charge in [0.25, 0.3) is 0 Å². The number of carbonyl (C=O) groups excluding carboxylic acids is 1. The average molecular weight is 519 g/mol. The van der Waals surface area contributed by atoms with Crippen molar-refractivity contribution in [3.05, 3.63) is 102 Å². The van der Waals surface area contributed by atoms with Crippen LogP contribution in [0.1, 0.15) is 11.1 Å². The molecule has 0 bridgehead atoms. The number of anilines is 3. The van der Waals surface area contributed by atoms with Crippen molar-refractivity contribution in [2.75, 3.05) is 29.2 Å². The highest BCUT2D eigenvalue weighted by Gasteiger charge is 2.21. The first-order valence-electron chi connectivity index (χ1n) is 12.6. The maximum Gasteiger partial charge on any atom is 0.328 e. The number of nitrogens with zero attached hydrogens (tertiary/aromatic N) is 4. The molecule has 0 saturated carbocycles. The number of rotatable bonds is 6. The zero-order valence-corrected chi connectivity index (χ0v) is 21.3. The molecule has 5 aromatic rings. The minimum Gasteiger partial charge on any atom is -0.495 e. The number of methoxy groups -OCH3 is 1. The van der Waals surface area contributed by atoms with E-state index in [9.17, 15) is 4.79 Å². The van der Waals surface area contributed by atoms with E-state index in [1.807, 2.05) is 60.7 Å². The lowest BCUT2D eigenvalue weighted by Gasteiger charge is -2.29. The lowest BCUT2D eigenvalue weighted by atomic mass is 10.0. The van der Waals surface area contributed by atoms with E-state index >= 15 is 0 Å². The number of para-hydroxylation sites is 2. The number of ether oxygens (including phenoxy) is 2. The summed E-state index contributed by atoms with van der Waals surface area (Å²) in [5, 5.41) is 7.64. The minimum absolute atomic E-state index is 0.0713. The molecule has 9 heteroatoms. The Morgan fingerprint density at radius 2 is 1.59 bits per heavy atom. The molecule has 39 heavy (non-hydrogen) atoms. The predicted octanol–water partition coefficient (Wildman–Crippen LogP) is 6.03. The maximum absolute atomic E-state index is 12.9. The Bertz CT molecular complexity index is 1660. The van der Waals surface area contributed by atoms with E-state index in [1.165, 1.54) is 11.1 Å². The normalized spacial score (nSPS) is 12.5. The Morgan fingerprint density at radius 3 is 2.46 bits per heavy atom. The lowest BCUT2D eigenvalue weighted by molar-refractivity contribution is 0.262. The van der Waals surface area contributed by atoms with E-state index < -0.39 is 6.03 Å². The van der Waals surface area contributed by atoms with Gasteiger partial charge in [-0.1, -0.05) is 66.7 Å². The van der Waals surface area contributed by atoms with E-state index in [2.05, 4.69) is 48.7 Å². The molecule has 0 radical (unpaired) electrons. The molecule has 2 amide bonds. The van der Waals surface area contributed by atoms with Crippen LogP contribution in [0, 0.1) is 0 Å². The number of nitrogens with one attached hydrogen (secondary N) is 2. The molecule has 9 nitrogen and oxygen atoms in total. The summed E-state index contributed by atoms with van der Waals surface area (Å²) in [5.74, 6) is 1.61. The molecular weight excluding hydrogens is 492 g/mol. The second kappa shape index (κ2) is 10.7. The first-order chi connectivity index (χ1) is 19.1.